The quantitative estimate of drug-likeness (QED) is 0.742. The van der Waals surface area contributed by atoms with Crippen molar-refractivity contribution in [2.24, 2.45) is 0 Å². The van der Waals surface area contributed by atoms with Crippen LogP contribution in [-0.2, 0) is 19.4 Å². The van der Waals surface area contributed by atoms with Crippen molar-refractivity contribution >= 4 is 0 Å². The van der Waals surface area contributed by atoms with Crippen LogP contribution in [0.4, 0.5) is 0 Å². The zero-order chi connectivity index (χ0) is 18.2. The summed E-state index contributed by atoms with van der Waals surface area (Å²) < 4.78 is 0. The van der Waals surface area contributed by atoms with E-state index in [4.69, 9.17) is 0 Å². The molecule has 1 aliphatic heterocycles. The van der Waals surface area contributed by atoms with E-state index >= 15 is 0 Å². The number of hydrogen-bond donors (Lipinski definition) is 1. The molecular weight excluding hydrogens is 320 g/mol. The SMILES string of the molecule is CCCCc1ncc(CN2CCCC(N(C)CCc3ccccc3)C2)[nH]1. The van der Waals surface area contributed by atoms with Crippen LogP contribution in [0.15, 0.2) is 36.5 Å². The molecule has 1 atom stereocenters. The zero-order valence-corrected chi connectivity index (χ0v) is 16.5. The van der Waals surface area contributed by atoms with Gasteiger partial charge in [-0.1, -0.05) is 43.7 Å². The fraction of sp³-hybridized carbons (Fsp3) is 0.591. The van der Waals surface area contributed by atoms with Crippen molar-refractivity contribution < 1.29 is 0 Å². The molecule has 4 nitrogen and oxygen atoms in total. The molecule has 2 heterocycles. The van der Waals surface area contributed by atoms with Crippen LogP contribution < -0.4 is 0 Å². The Kier molecular flexibility index (Phi) is 7.27. The number of aromatic nitrogens is 2. The fourth-order valence-corrected chi connectivity index (χ4v) is 3.87. The van der Waals surface area contributed by atoms with Gasteiger partial charge in [-0.3, -0.25) is 4.90 Å². The lowest BCUT2D eigenvalue weighted by molar-refractivity contribution is 0.111. The number of piperidine rings is 1. The first-order valence-corrected chi connectivity index (χ1v) is 10.2. The summed E-state index contributed by atoms with van der Waals surface area (Å²) in [7, 11) is 2.29. The van der Waals surface area contributed by atoms with E-state index in [1.54, 1.807) is 0 Å². The third-order valence-electron chi connectivity index (χ3n) is 5.54. The second-order valence-electron chi connectivity index (χ2n) is 7.71. The van der Waals surface area contributed by atoms with Crippen molar-refractivity contribution in [3.8, 4) is 0 Å². The highest BCUT2D eigenvalue weighted by Gasteiger charge is 2.23. The molecule has 1 aliphatic rings. The molecule has 0 saturated carbocycles. The number of likely N-dealkylation sites (tertiary alicyclic amines) is 1. The van der Waals surface area contributed by atoms with Gasteiger partial charge in [0.1, 0.15) is 5.82 Å². The zero-order valence-electron chi connectivity index (χ0n) is 16.5. The molecule has 1 N–H and O–H groups in total. The van der Waals surface area contributed by atoms with Gasteiger partial charge in [-0.25, -0.2) is 4.98 Å². The van der Waals surface area contributed by atoms with Gasteiger partial charge in [0, 0.05) is 44.0 Å². The number of rotatable bonds is 9. The molecular formula is C22H34N4. The van der Waals surface area contributed by atoms with Crippen molar-refractivity contribution in [1.82, 2.24) is 19.8 Å². The Morgan fingerprint density at radius 1 is 1.23 bits per heavy atom. The fourth-order valence-electron chi connectivity index (χ4n) is 3.87. The van der Waals surface area contributed by atoms with E-state index < -0.39 is 0 Å². The maximum atomic E-state index is 4.54. The number of aromatic amines is 1. The minimum atomic E-state index is 0.662. The second kappa shape index (κ2) is 9.89. The Bertz CT molecular complexity index is 637. The smallest absolute Gasteiger partial charge is 0.106 e. The minimum absolute atomic E-state index is 0.662. The van der Waals surface area contributed by atoms with Crippen LogP contribution in [0.25, 0.3) is 0 Å². The van der Waals surface area contributed by atoms with E-state index in [1.807, 2.05) is 6.20 Å². The Labute approximate surface area is 158 Å². The molecule has 0 amide bonds. The van der Waals surface area contributed by atoms with Crippen LogP contribution in [0.2, 0.25) is 0 Å². The Balaban J connectivity index is 1.46. The minimum Gasteiger partial charge on any atom is -0.345 e. The van der Waals surface area contributed by atoms with Crippen molar-refractivity contribution in [2.75, 3.05) is 26.7 Å². The summed E-state index contributed by atoms with van der Waals surface area (Å²) in [6.45, 7) is 6.73. The van der Waals surface area contributed by atoms with Crippen LogP contribution in [0.5, 0.6) is 0 Å². The molecule has 4 heteroatoms. The van der Waals surface area contributed by atoms with Crippen LogP contribution >= 0.6 is 0 Å². The molecule has 1 aromatic carbocycles. The summed E-state index contributed by atoms with van der Waals surface area (Å²) in [4.78, 5) is 13.2. The van der Waals surface area contributed by atoms with Crippen molar-refractivity contribution in [3.63, 3.8) is 0 Å². The summed E-state index contributed by atoms with van der Waals surface area (Å²) >= 11 is 0. The van der Waals surface area contributed by atoms with Gasteiger partial charge in [-0.2, -0.15) is 0 Å². The lowest BCUT2D eigenvalue weighted by atomic mass is 10.0. The Morgan fingerprint density at radius 3 is 2.88 bits per heavy atom. The second-order valence-corrected chi connectivity index (χ2v) is 7.71. The average molecular weight is 355 g/mol. The molecule has 1 saturated heterocycles. The standard InChI is InChI=1S/C22H34N4/c1-3-4-12-22-23-16-20(24-22)17-26-14-8-11-21(18-26)25(2)15-13-19-9-6-5-7-10-19/h5-7,9-10,16,21H,3-4,8,11-15,17-18H2,1-2H3,(H,23,24). The van der Waals surface area contributed by atoms with Crippen molar-refractivity contribution in [3.05, 3.63) is 53.6 Å². The average Bonchev–Trinajstić information content (AvgIpc) is 3.12. The normalized spacial score (nSPS) is 18.5. The van der Waals surface area contributed by atoms with E-state index in [0.717, 1.165) is 38.3 Å². The van der Waals surface area contributed by atoms with Crippen LogP contribution in [-0.4, -0.2) is 52.5 Å². The highest BCUT2D eigenvalue weighted by Crippen LogP contribution is 2.17. The van der Waals surface area contributed by atoms with Crippen LogP contribution in [0.3, 0.4) is 0 Å². The number of nitrogens with one attached hydrogen (secondary N) is 1. The molecule has 0 aliphatic carbocycles. The van der Waals surface area contributed by atoms with Gasteiger partial charge < -0.3 is 9.88 Å². The van der Waals surface area contributed by atoms with Gasteiger partial charge in [-0.05, 0) is 44.8 Å². The van der Waals surface area contributed by atoms with E-state index in [1.165, 1.54) is 43.5 Å². The Hall–Kier alpha value is -1.65. The van der Waals surface area contributed by atoms with Gasteiger partial charge in [0.2, 0.25) is 0 Å². The summed E-state index contributed by atoms with van der Waals surface area (Å²) in [5.41, 5.74) is 2.70. The molecule has 26 heavy (non-hydrogen) atoms. The molecule has 0 radical (unpaired) electrons. The lowest BCUT2D eigenvalue weighted by Gasteiger charge is -2.37. The third kappa shape index (κ3) is 5.68. The molecule has 1 aromatic heterocycles. The van der Waals surface area contributed by atoms with Gasteiger partial charge in [0.15, 0.2) is 0 Å². The largest absolute Gasteiger partial charge is 0.345 e. The first kappa shape index (κ1) is 19.1. The summed E-state index contributed by atoms with van der Waals surface area (Å²) in [6.07, 6.45) is 9.28. The molecule has 1 unspecified atom stereocenters. The number of hydrogen-bond acceptors (Lipinski definition) is 3. The maximum Gasteiger partial charge on any atom is 0.106 e. The number of unbranched alkanes of at least 4 members (excludes halogenated alkanes) is 1. The first-order valence-electron chi connectivity index (χ1n) is 10.2. The number of H-pyrrole nitrogens is 1. The highest BCUT2D eigenvalue weighted by molar-refractivity contribution is 5.14. The summed E-state index contributed by atoms with van der Waals surface area (Å²) in [5, 5.41) is 0. The first-order chi connectivity index (χ1) is 12.7. The lowest BCUT2D eigenvalue weighted by Crippen LogP contribution is -2.46. The van der Waals surface area contributed by atoms with Gasteiger partial charge in [0.25, 0.3) is 0 Å². The topological polar surface area (TPSA) is 35.2 Å². The summed E-state index contributed by atoms with van der Waals surface area (Å²) in [6, 6.07) is 11.5. The van der Waals surface area contributed by atoms with Crippen LogP contribution in [0.1, 0.15) is 49.7 Å². The molecule has 0 bridgehead atoms. The van der Waals surface area contributed by atoms with E-state index in [0.29, 0.717) is 6.04 Å². The van der Waals surface area contributed by atoms with Crippen molar-refractivity contribution in [1.29, 1.82) is 0 Å². The van der Waals surface area contributed by atoms with E-state index in [2.05, 4.69) is 64.1 Å². The number of benzene rings is 1. The predicted molar refractivity (Wildman–Crippen MR) is 108 cm³/mol. The maximum absolute atomic E-state index is 4.54. The van der Waals surface area contributed by atoms with E-state index in [-0.39, 0.29) is 0 Å². The molecule has 142 valence electrons. The summed E-state index contributed by atoms with van der Waals surface area (Å²) in [5.74, 6) is 1.15. The monoisotopic (exact) mass is 354 g/mol. The predicted octanol–water partition coefficient (Wildman–Crippen LogP) is 3.89. The number of nitrogens with zero attached hydrogens (tertiary/aromatic N) is 3. The van der Waals surface area contributed by atoms with Crippen LogP contribution in [0, 0.1) is 0 Å². The Morgan fingerprint density at radius 2 is 2.08 bits per heavy atom. The molecule has 2 aromatic rings. The molecule has 0 spiro atoms. The molecule has 1 fully saturated rings. The number of aryl methyl sites for hydroxylation is 1. The van der Waals surface area contributed by atoms with Gasteiger partial charge in [-0.15, -0.1) is 0 Å². The third-order valence-corrected chi connectivity index (χ3v) is 5.54. The van der Waals surface area contributed by atoms with Crippen molar-refractivity contribution in [2.45, 2.75) is 58.0 Å². The number of imidazole rings is 1. The number of likely N-dealkylation sites (N-methyl/N-ethyl adjacent to an activating group) is 1. The van der Waals surface area contributed by atoms with Gasteiger partial charge >= 0.3 is 0 Å². The van der Waals surface area contributed by atoms with E-state index in [9.17, 15) is 0 Å². The highest BCUT2D eigenvalue weighted by atomic mass is 15.2. The van der Waals surface area contributed by atoms with Gasteiger partial charge in [0.05, 0.1) is 0 Å². The molecule has 3 rings (SSSR count).